The fraction of sp³-hybridized carbons (Fsp3) is 0.244. The first-order valence-corrected chi connectivity index (χ1v) is 48.2. The summed E-state index contributed by atoms with van der Waals surface area (Å²) in [6.07, 6.45) is 17.3. The van der Waals surface area contributed by atoms with Gasteiger partial charge >= 0.3 is 0 Å². The van der Waals surface area contributed by atoms with E-state index in [0.717, 1.165) is 41.2 Å². The summed E-state index contributed by atoms with van der Waals surface area (Å²) in [6, 6.07) is 136. The topological polar surface area (TPSA) is 6.48 Å². The summed E-state index contributed by atoms with van der Waals surface area (Å²) in [7, 11) is 0. The molecule has 8 saturated carbocycles. The highest BCUT2D eigenvalue weighted by atomic mass is 15.2. The van der Waals surface area contributed by atoms with Gasteiger partial charge in [-0.15, -0.1) is 0 Å². The highest BCUT2D eigenvalue weighted by molar-refractivity contribution is 5.93. The van der Waals surface area contributed by atoms with Crippen LogP contribution in [0, 0.1) is 63.2 Å². The third kappa shape index (κ3) is 13.5. The Morgan fingerprint density at radius 3 is 0.853 bits per heavy atom. The Morgan fingerprint density at radius 2 is 0.488 bits per heavy atom. The molecule has 16 aromatic carbocycles. The average molecular weight is 1670 g/mol. The Kier molecular flexibility index (Phi) is 19.1. The van der Waals surface area contributed by atoms with E-state index in [9.17, 15) is 0 Å². The second kappa shape index (κ2) is 30.9. The highest BCUT2D eigenvalue weighted by Crippen LogP contribution is 2.64. The number of rotatable bonds is 15. The normalized spacial score (nSPS) is 21.4. The summed E-state index contributed by atoms with van der Waals surface area (Å²) in [5, 5.41) is 0. The van der Waals surface area contributed by atoms with E-state index in [0.29, 0.717) is 10.8 Å². The van der Waals surface area contributed by atoms with Gasteiger partial charge in [-0.3, -0.25) is 0 Å². The summed E-state index contributed by atoms with van der Waals surface area (Å²) in [4.78, 5) is 5.06. The van der Waals surface area contributed by atoms with Crippen molar-refractivity contribution in [1.82, 2.24) is 0 Å². The molecule has 8 fully saturated rings. The molecule has 0 atom stereocenters. The van der Waals surface area contributed by atoms with E-state index in [1.807, 2.05) is 0 Å². The van der Waals surface area contributed by atoms with Gasteiger partial charge in [-0.2, -0.15) is 0 Å². The van der Waals surface area contributed by atoms with Crippen molar-refractivity contribution in [2.75, 3.05) is 9.80 Å². The SMILES string of the molecule is Cc1cc(-c2ccc(C34CC5CC(CC(C5)C3)C4)cc2)cc(C)c1N(c1ccc(-c2ccccc2-c2ccccc2)cc1)c1ccc2c(c1)C(C)(C)c1cc(-c3ccccc3)ccc1-2.Cc1cc(-c2ccc(C34CC5CC(CC(C5)C3)C4)cc2)cc(C)c1N(c1ccc(C2c3ccccc3-c3ccccc32)cc1)c1ccc2c(c1)C(C)(C)c1cc(-c3ccccc3)ccc1-2. The standard InChI is InChI=1S/C64H57N.C63H57N/c1-40-30-49(46-18-23-50(24-19-46)64-37-42-32-43(38-64)34-44(33-42)39-64)31-41(2)62(40)65(51-25-20-47(21-26-51)61-57-16-10-8-14-53(57)54-15-9-11-17-58(54)61)52-27-29-56-55-28-22-48(45-12-6-5-7-13-45)35-59(55)63(3,4)60(56)36-52;1-41-31-51(47-19-24-52(25-20-47)63-38-43-33-44(39-63)35-45(34-43)40-63)32-42(2)61(41)64(53-26-21-49(22-27-53)56-18-12-11-17-55(56)48-15-9-6-10-16-48)54-28-30-58-57-29-23-50(46-13-7-5-8-14-46)36-59(57)62(3,4)60(58)37-54/h5-31,35-36,42-44,61H,32-34,37-39H2,1-4H3;5-32,36-37,43-45H,33-35,38-40H2,1-4H3. The van der Waals surface area contributed by atoms with Crippen LogP contribution < -0.4 is 9.80 Å². The number of aryl methyl sites for hydroxylation is 4. The molecule has 0 aromatic heterocycles. The van der Waals surface area contributed by atoms with Crippen molar-refractivity contribution in [3.05, 3.63) is 430 Å². The van der Waals surface area contributed by atoms with Crippen LogP contribution in [0.4, 0.5) is 34.1 Å². The number of anilines is 6. The lowest BCUT2D eigenvalue weighted by Crippen LogP contribution is -2.48. The maximum atomic E-state index is 2.54. The van der Waals surface area contributed by atoms with Crippen LogP contribution in [0.5, 0.6) is 0 Å². The van der Waals surface area contributed by atoms with E-state index < -0.39 is 0 Å². The van der Waals surface area contributed by atoms with Gasteiger partial charge in [0.2, 0.25) is 0 Å². The van der Waals surface area contributed by atoms with Crippen LogP contribution in [0.15, 0.2) is 358 Å². The van der Waals surface area contributed by atoms with E-state index in [1.165, 1.54) is 267 Å². The second-order valence-electron chi connectivity index (χ2n) is 41.8. The Hall–Kier alpha value is -12.9. The maximum Gasteiger partial charge on any atom is 0.0520 e. The van der Waals surface area contributed by atoms with Crippen molar-refractivity contribution in [2.24, 2.45) is 35.5 Å². The van der Waals surface area contributed by atoms with Gasteiger partial charge in [-0.1, -0.05) is 301 Å². The van der Waals surface area contributed by atoms with Gasteiger partial charge in [0.15, 0.2) is 0 Å². The van der Waals surface area contributed by atoms with Gasteiger partial charge in [0.25, 0.3) is 0 Å². The molecule has 0 spiro atoms. The van der Waals surface area contributed by atoms with E-state index in [-0.39, 0.29) is 16.7 Å². The lowest BCUT2D eigenvalue weighted by Gasteiger charge is -2.57. The molecule has 129 heavy (non-hydrogen) atoms. The predicted octanol–water partition coefficient (Wildman–Crippen LogP) is 34.3. The van der Waals surface area contributed by atoms with Crippen LogP contribution >= 0.6 is 0 Å². The Morgan fingerprint density at radius 1 is 0.217 bits per heavy atom. The van der Waals surface area contributed by atoms with Crippen molar-refractivity contribution in [1.29, 1.82) is 0 Å². The van der Waals surface area contributed by atoms with E-state index in [4.69, 9.17) is 0 Å². The van der Waals surface area contributed by atoms with Gasteiger partial charge in [-0.05, 0) is 408 Å². The molecule has 0 amide bonds. The molecule has 0 heterocycles. The Labute approximate surface area is 764 Å². The van der Waals surface area contributed by atoms with Crippen LogP contribution in [-0.4, -0.2) is 0 Å². The molecule has 0 unspecified atom stereocenters. The first-order chi connectivity index (χ1) is 62.9. The molecule has 0 radical (unpaired) electrons. The summed E-state index contributed by atoms with van der Waals surface area (Å²) in [6.45, 7) is 18.9. The number of benzene rings is 16. The number of hydrogen-bond donors (Lipinski definition) is 0. The van der Waals surface area contributed by atoms with Crippen LogP contribution in [0.25, 0.3) is 100 Å². The summed E-state index contributed by atoms with van der Waals surface area (Å²) in [5.74, 6) is 5.92. The molecule has 2 nitrogen and oxygen atoms in total. The van der Waals surface area contributed by atoms with Crippen molar-refractivity contribution in [2.45, 2.75) is 160 Å². The van der Waals surface area contributed by atoms with Gasteiger partial charge in [0.05, 0.1) is 11.4 Å². The van der Waals surface area contributed by atoms with Gasteiger partial charge in [0, 0.05) is 39.5 Å². The first-order valence-electron chi connectivity index (χ1n) is 48.2. The van der Waals surface area contributed by atoms with E-state index in [2.05, 4.69) is 423 Å². The minimum Gasteiger partial charge on any atom is -0.310 e. The van der Waals surface area contributed by atoms with Crippen LogP contribution in [-0.2, 0) is 21.7 Å². The van der Waals surface area contributed by atoms with Gasteiger partial charge in [0.1, 0.15) is 0 Å². The quantitative estimate of drug-likeness (QED) is 0.101. The number of fused-ring (bicyclic) bond motifs is 9. The molecular formula is C127H114N2. The zero-order chi connectivity index (χ0) is 86.8. The molecule has 8 bridgehead atoms. The smallest absolute Gasteiger partial charge is 0.0520 e. The molecule has 16 aromatic rings. The highest BCUT2D eigenvalue weighted by Gasteiger charge is 2.53. The van der Waals surface area contributed by atoms with Crippen LogP contribution in [0.1, 0.15) is 183 Å². The Balaban J connectivity index is 0.000000143. The second-order valence-corrected chi connectivity index (χ2v) is 41.8. The van der Waals surface area contributed by atoms with Crippen LogP contribution in [0.3, 0.4) is 0 Å². The number of nitrogens with zero attached hydrogens (tertiary/aromatic N) is 2. The van der Waals surface area contributed by atoms with E-state index in [1.54, 1.807) is 11.1 Å². The van der Waals surface area contributed by atoms with E-state index >= 15 is 0 Å². The minimum atomic E-state index is -0.168. The molecule has 0 N–H and O–H groups in total. The van der Waals surface area contributed by atoms with Crippen molar-refractivity contribution < 1.29 is 0 Å². The lowest BCUT2D eigenvalue weighted by molar-refractivity contribution is -0.00530. The molecule has 632 valence electrons. The monoisotopic (exact) mass is 1670 g/mol. The maximum absolute atomic E-state index is 2.54. The zero-order valence-corrected chi connectivity index (χ0v) is 76.0. The summed E-state index contributed by atoms with van der Waals surface area (Å²) in [5.41, 5.74) is 48.9. The molecule has 2 heteroatoms. The van der Waals surface area contributed by atoms with Gasteiger partial charge in [-0.25, -0.2) is 0 Å². The molecular weight excluding hydrogens is 1550 g/mol. The third-order valence-corrected chi connectivity index (χ3v) is 33.0. The fourth-order valence-electron chi connectivity index (χ4n) is 27.8. The lowest BCUT2D eigenvalue weighted by atomic mass is 9.48. The first kappa shape index (κ1) is 79.5. The molecule has 0 saturated heterocycles. The van der Waals surface area contributed by atoms with Crippen molar-refractivity contribution >= 4 is 34.1 Å². The van der Waals surface area contributed by atoms with Crippen LogP contribution in [0.2, 0.25) is 0 Å². The minimum absolute atomic E-state index is 0.166. The Bertz CT molecular complexity index is 6900. The number of hydrogen-bond acceptors (Lipinski definition) is 2. The molecule has 27 rings (SSSR count). The molecule has 0 aliphatic heterocycles. The summed E-state index contributed by atoms with van der Waals surface area (Å²) >= 11 is 0. The fourth-order valence-corrected chi connectivity index (χ4v) is 27.8. The molecule has 11 aliphatic rings. The predicted molar refractivity (Wildman–Crippen MR) is 541 cm³/mol. The largest absolute Gasteiger partial charge is 0.310 e. The van der Waals surface area contributed by atoms with Gasteiger partial charge < -0.3 is 9.80 Å². The summed E-state index contributed by atoms with van der Waals surface area (Å²) < 4.78 is 0. The third-order valence-electron chi connectivity index (χ3n) is 33.0. The average Bonchev–Trinajstić information content (AvgIpc) is 1.18. The molecule has 11 aliphatic carbocycles. The van der Waals surface area contributed by atoms with Crippen molar-refractivity contribution in [3.63, 3.8) is 0 Å². The zero-order valence-electron chi connectivity index (χ0n) is 76.0. The van der Waals surface area contributed by atoms with Crippen molar-refractivity contribution in [3.8, 4) is 100 Å².